The number of guanidine groups is 4. The molecule has 4 atom stereocenters. The summed E-state index contributed by atoms with van der Waals surface area (Å²) >= 11 is 0. The minimum absolute atomic E-state index is 0.0164. The summed E-state index contributed by atoms with van der Waals surface area (Å²) in [4.78, 5) is 99.1. The van der Waals surface area contributed by atoms with Gasteiger partial charge in [-0.05, 0) is 111 Å². The number of nitrogens with zero attached hydrogens (tertiary/aromatic N) is 4. The van der Waals surface area contributed by atoms with Crippen molar-refractivity contribution in [3.8, 4) is 17.2 Å². The van der Waals surface area contributed by atoms with Crippen molar-refractivity contribution in [3.05, 3.63) is 88.0 Å². The molecule has 0 aliphatic rings. The normalized spacial score (nSPS) is 12.3. The first kappa shape index (κ1) is 61.8. The average Bonchev–Trinajstić information content (AvgIpc) is 3.37. The zero-order chi connectivity index (χ0) is 56.3. The predicted octanol–water partition coefficient (Wildman–Crippen LogP) is -0.696. The maximum atomic E-state index is 14.2. The molecule has 0 aliphatic carbocycles. The van der Waals surface area contributed by atoms with E-state index in [0.29, 0.717) is 74.1 Å². The van der Waals surface area contributed by atoms with Crippen LogP contribution in [-0.2, 0) is 33.6 Å². The number of nitrogens with two attached hydrogens (primary N) is 9. The van der Waals surface area contributed by atoms with Gasteiger partial charge in [0.2, 0.25) is 0 Å². The Labute approximate surface area is 442 Å². The van der Waals surface area contributed by atoms with Gasteiger partial charge in [-0.25, -0.2) is 0 Å². The van der Waals surface area contributed by atoms with E-state index in [9.17, 15) is 28.8 Å². The molecule has 25 heteroatoms. The van der Waals surface area contributed by atoms with E-state index in [1.54, 1.807) is 36.4 Å². The fourth-order valence-electron chi connectivity index (χ4n) is 7.87. The largest absolute Gasteiger partial charge is 0.496 e. The quantitative estimate of drug-likeness (QED) is 0.0200. The van der Waals surface area contributed by atoms with Crippen molar-refractivity contribution in [1.29, 1.82) is 0 Å². The number of hydrogen-bond donors (Lipinski definition) is 12. The van der Waals surface area contributed by atoms with E-state index in [1.165, 1.54) is 39.5 Å². The topological polar surface area (TPSA) is 450 Å². The Hall–Kier alpha value is -8.48. The van der Waals surface area contributed by atoms with Gasteiger partial charge in [0.15, 0.2) is 41.2 Å². The second-order valence-corrected chi connectivity index (χ2v) is 17.9. The number of benzene rings is 3. The Morgan fingerprint density at radius 2 is 0.750 bits per heavy atom. The van der Waals surface area contributed by atoms with Crippen molar-refractivity contribution in [2.75, 3.05) is 47.5 Å². The molecule has 0 radical (unpaired) electrons. The van der Waals surface area contributed by atoms with Crippen molar-refractivity contribution in [1.82, 2.24) is 16.0 Å². The maximum absolute atomic E-state index is 14.2. The van der Waals surface area contributed by atoms with Gasteiger partial charge in [-0.3, -0.25) is 48.7 Å². The number of ketones is 3. The molecule has 3 aromatic carbocycles. The molecule has 3 amide bonds. The second kappa shape index (κ2) is 32.0. The van der Waals surface area contributed by atoms with E-state index in [0.717, 1.165) is 0 Å². The third-order valence-electron chi connectivity index (χ3n) is 11.8. The standard InChI is InChI=1S/C51H76N16O9/c1-29(9-5-19-61-48(53)54)65-45(71)33-24-31(14-17-42(33)74-2)27-40(69)37(11-7-21-63-50(57)58)67-47(73)35-25-32(15-18-44(35)76-4)28-41(70)38(12-8-22-64-51(59)60)66-46(72)34-23-30(13-16-43(34)75-3)26-39(68)36(52)10-6-20-62-49(55)56/h13-18,23-25,29,36-38H,5-12,19-22,26-28,52H2,1-4H3,(H,65,71)(H,66,72)(H,67,73)(H4,53,54,61)(H4,55,56,62)(H4,57,58,63)(H4,59,60,64)/t29-,36+,37+,38+/m0/s1. The number of carbonyl (C=O) groups is 6. The third kappa shape index (κ3) is 21.5. The van der Waals surface area contributed by atoms with Crippen LogP contribution in [0.1, 0.15) is 106 Å². The molecule has 25 nitrogen and oxygen atoms in total. The number of nitrogens with one attached hydrogen (secondary N) is 3. The average molecular weight is 1060 g/mol. The zero-order valence-corrected chi connectivity index (χ0v) is 43.8. The second-order valence-electron chi connectivity index (χ2n) is 17.9. The maximum Gasteiger partial charge on any atom is 0.255 e. The van der Waals surface area contributed by atoms with Gasteiger partial charge in [0, 0.05) is 51.5 Å². The smallest absolute Gasteiger partial charge is 0.255 e. The Morgan fingerprint density at radius 3 is 1.08 bits per heavy atom. The summed E-state index contributed by atoms with van der Waals surface area (Å²) < 4.78 is 16.5. The summed E-state index contributed by atoms with van der Waals surface area (Å²) in [7, 11) is 4.18. The summed E-state index contributed by atoms with van der Waals surface area (Å²) in [6, 6.07) is 10.9. The molecular weight excluding hydrogens is 981 g/mol. The number of carbonyl (C=O) groups excluding carboxylic acids is 6. The Balaban J connectivity index is 1.88. The summed E-state index contributed by atoms with van der Waals surface area (Å²) in [6.45, 7) is 2.89. The van der Waals surface area contributed by atoms with Gasteiger partial charge in [-0.1, -0.05) is 18.2 Å². The van der Waals surface area contributed by atoms with E-state index in [-0.39, 0.29) is 115 Å². The van der Waals surface area contributed by atoms with Gasteiger partial charge in [0.25, 0.3) is 17.7 Å². The van der Waals surface area contributed by atoms with Gasteiger partial charge in [-0.2, -0.15) is 0 Å². The third-order valence-corrected chi connectivity index (χ3v) is 11.8. The van der Waals surface area contributed by atoms with Crippen molar-refractivity contribution >= 4 is 58.9 Å². The molecule has 0 bridgehead atoms. The molecule has 0 aromatic heterocycles. The fourth-order valence-corrected chi connectivity index (χ4v) is 7.87. The van der Waals surface area contributed by atoms with Gasteiger partial charge in [0.1, 0.15) is 17.2 Å². The highest BCUT2D eigenvalue weighted by atomic mass is 16.5. The summed E-state index contributed by atoms with van der Waals surface area (Å²) in [5.41, 5.74) is 51.6. The predicted molar refractivity (Wildman–Crippen MR) is 292 cm³/mol. The number of Topliss-reactive ketones (excluding diaryl/α,β-unsaturated/α-hetero) is 3. The van der Waals surface area contributed by atoms with Crippen LogP contribution in [-0.4, -0.2) is 131 Å². The lowest BCUT2D eigenvalue weighted by molar-refractivity contribution is -0.121. The first-order valence-corrected chi connectivity index (χ1v) is 24.6. The lowest BCUT2D eigenvalue weighted by atomic mass is 9.96. The number of ether oxygens (including phenoxy) is 3. The van der Waals surface area contributed by atoms with Gasteiger partial charge < -0.3 is 81.8 Å². The zero-order valence-electron chi connectivity index (χ0n) is 43.8. The van der Waals surface area contributed by atoms with Crippen LogP contribution in [0.5, 0.6) is 17.2 Å². The van der Waals surface area contributed by atoms with E-state index in [1.807, 2.05) is 6.92 Å². The van der Waals surface area contributed by atoms with Crippen molar-refractivity contribution in [2.45, 2.75) is 102 Å². The monoisotopic (exact) mass is 1060 g/mol. The van der Waals surface area contributed by atoms with E-state index in [2.05, 4.69) is 35.9 Å². The Kier molecular flexibility index (Phi) is 26.0. The van der Waals surface area contributed by atoms with Crippen LogP contribution >= 0.6 is 0 Å². The Morgan fingerprint density at radius 1 is 0.447 bits per heavy atom. The molecule has 21 N–H and O–H groups in total. The number of methoxy groups -OCH3 is 3. The summed E-state index contributed by atoms with van der Waals surface area (Å²) in [6.07, 6.45) is 2.37. The molecule has 0 heterocycles. The number of rotatable bonds is 34. The van der Waals surface area contributed by atoms with Gasteiger partial charge in [0.05, 0.1) is 56.1 Å². The van der Waals surface area contributed by atoms with Crippen LogP contribution in [0.15, 0.2) is 74.6 Å². The SMILES string of the molecule is COc1ccc(CC(=O)[C@@H](CCCN=C(N)N)NC(=O)c2cc(CC(=O)[C@@H](CCCN=C(N)N)NC(=O)c3cc(CC(=O)[C@H](N)CCCN=C(N)N)ccc3OC)ccc2OC)cc1C(=O)N[C@@H](C)CCCN=C(N)N. The number of aliphatic imine (C=N–C) groups is 4. The van der Waals surface area contributed by atoms with Crippen LogP contribution in [0, 0.1) is 0 Å². The molecule has 76 heavy (non-hydrogen) atoms. The lowest BCUT2D eigenvalue weighted by Gasteiger charge is -2.20. The molecule has 0 spiro atoms. The van der Waals surface area contributed by atoms with Crippen molar-refractivity contribution in [3.63, 3.8) is 0 Å². The molecule has 0 aliphatic heterocycles. The number of amides is 3. The lowest BCUT2D eigenvalue weighted by Crippen LogP contribution is -2.42. The van der Waals surface area contributed by atoms with E-state index in [4.69, 9.17) is 65.8 Å². The van der Waals surface area contributed by atoms with Crippen LogP contribution < -0.4 is 81.8 Å². The van der Waals surface area contributed by atoms with E-state index >= 15 is 0 Å². The van der Waals surface area contributed by atoms with Gasteiger partial charge in [-0.15, -0.1) is 0 Å². The van der Waals surface area contributed by atoms with Crippen LogP contribution in [0.4, 0.5) is 0 Å². The highest BCUT2D eigenvalue weighted by Crippen LogP contribution is 2.25. The highest BCUT2D eigenvalue weighted by Gasteiger charge is 2.27. The van der Waals surface area contributed by atoms with Crippen molar-refractivity contribution < 1.29 is 43.0 Å². The highest BCUT2D eigenvalue weighted by molar-refractivity contribution is 6.03. The first-order chi connectivity index (χ1) is 36.1. The molecule has 0 unspecified atom stereocenters. The minimum Gasteiger partial charge on any atom is -0.496 e. The fraction of sp³-hybridized carbons (Fsp3) is 0.451. The van der Waals surface area contributed by atoms with Crippen molar-refractivity contribution in [2.24, 2.45) is 71.6 Å². The Bertz CT molecular complexity index is 2590. The minimum atomic E-state index is -1.09. The molecule has 0 saturated carbocycles. The summed E-state index contributed by atoms with van der Waals surface area (Å²) in [5.74, 6) is -2.58. The molecule has 3 rings (SSSR count). The number of hydrogen-bond acceptors (Lipinski definition) is 14. The van der Waals surface area contributed by atoms with Crippen LogP contribution in [0.3, 0.4) is 0 Å². The molecule has 3 aromatic rings. The first-order valence-electron chi connectivity index (χ1n) is 24.6. The summed E-state index contributed by atoms with van der Waals surface area (Å²) in [5, 5.41) is 8.60. The van der Waals surface area contributed by atoms with Crippen LogP contribution in [0.25, 0.3) is 0 Å². The molecule has 0 fully saturated rings. The molecule has 414 valence electrons. The molecular formula is C51H76N16O9. The van der Waals surface area contributed by atoms with Crippen LogP contribution in [0.2, 0.25) is 0 Å². The van der Waals surface area contributed by atoms with Gasteiger partial charge >= 0.3 is 0 Å². The molecule has 0 saturated heterocycles. The van der Waals surface area contributed by atoms with E-state index < -0.39 is 41.6 Å².